The van der Waals surface area contributed by atoms with Crippen LogP contribution in [0.4, 0.5) is 0 Å². The van der Waals surface area contributed by atoms with Crippen molar-refractivity contribution in [3.8, 4) is 5.88 Å². The van der Waals surface area contributed by atoms with Crippen LogP contribution in [0.5, 0.6) is 5.88 Å². The van der Waals surface area contributed by atoms with E-state index in [1.165, 1.54) is 18.4 Å². The molecular formula is C20H24N2O2. The molecule has 1 aromatic carbocycles. The molecule has 1 fully saturated rings. The van der Waals surface area contributed by atoms with Crippen LogP contribution in [-0.2, 0) is 11.3 Å². The number of aryl methyl sites for hydroxylation is 1. The Morgan fingerprint density at radius 2 is 2.17 bits per heavy atom. The first kappa shape index (κ1) is 16.5. The molecular weight excluding hydrogens is 300 g/mol. The fourth-order valence-electron chi connectivity index (χ4n) is 2.89. The van der Waals surface area contributed by atoms with Crippen molar-refractivity contribution < 1.29 is 9.53 Å². The zero-order chi connectivity index (χ0) is 17.1. The van der Waals surface area contributed by atoms with Crippen molar-refractivity contribution in [3.05, 3.63) is 58.8 Å². The molecule has 4 heteroatoms. The molecule has 1 atom stereocenters. The topological polar surface area (TPSA) is 51.2 Å². The molecule has 0 radical (unpaired) electrons. The molecule has 1 aliphatic carbocycles. The van der Waals surface area contributed by atoms with Gasteiger partial charge >= 0.3 is 0 Å². The molecule has 0 aliphatic heterocycles. The predicted molar refractivity (Wildman–Crippen MR) is 94.2 cm³/mol. The minimum Gasteiger partial charge on any atom is -0.481 e. The Balaban J connectivity index is 1.68. The molecule has 126 valence electrons. The molecule has 1 saturated carbocycles. The smallest absolute Gasteiger partial charge is 0.227 e. The van der Waals surface area contributed by atoms with Gasteiger partial charge in [-0.15, -0.1) is 0 Å². The highest BCUT2D eigenvalue weighted by atomic mass is 16.5. The van der Waals surface area contributed by atoms with E-state index in [1.807, 2.05) is 38.2 Å². The number of amides is 1. The molecule has 1 aliphatic rings. The van der Waals surface area contributed by atoms with Gasteiger partial charge in [-0.2, -0.15) is 0 Å². The average Bonchev–Trinajstić information content (AvgIpc) is 3.43. The van der Waals surface area contributed by atoms with Crippen LogP contribution in [0.3, 0.4) is 0 Å². The maximum atomic E-state index is 12.5. The van der Waals surface area contributed by atoms with Gasteiger partial charge in [-0.3, -0.25) is 4.79 Å². The number of rotatable bonds is 6. The van der Waals surface area contributed by atoms with E-state index in [-0.39, 0.29) is 11.8 Å². The maximum absolute atomic E-state index is 12.5. The van der Waals surface area contributed by atoms with E-state index in [9.17, 15) is 4.79 Å². The van der Waals surface area contributed by atoms with E-state index in [4.69, 9.17) is 4.74 Å². The summed E-state index contributed by atoms with van der Waals surface area (Å²) in [5.41, 5.74) is 4.37. The lowest BCUT2D eigenvalue weighted by molar-refractivity contribution is -0.122. The Bertz CT molecular complexity index is 738. The van der Waals surface area contributed by atoms with Crippen molar-refractivity contribution in [2.75, 3.05) is 7.11 Å². The second-order valence-electron chi connectivity index (χ2n) is 6.56. The van der Waals surface area contributed by atoms with Gasteiger partial charge in [-0.25, -0.2) is 4.98 Å². The number of nitrogens with one attached hydrogen (secondary N) is 1. The molecule has 1 aromatic heterocycles. The first-order valence-corrected chi connectivity index (χ1v) is 8.45. The fourth-order valence-corrected chi connectivity index (χ4v) is 2.89. The molecule has 1 N–H and O–H groups in total. The summed E-state index contributed by atoms with van der Waals surface area (Å²) in [5, 5.41) is 3.02. The second-order valence-corrected chi connectivity index (χ2v) is 6.56. The third kappa shape index (κ3) is 3.75. The third-order valence-electron chi connectivity index (χ3n) is 4.58. The lowest BCUT2D eigenvalue weighted by Crippen LogP contribution is -2.27. The summed E-state index contributed by atoms with van der Waals surface area (Å²) < 4.78 is 5.33. The fraction of sp³-hybridized carbons (Fsp3) is 0.400. The number of ether oxygens (including phenoxy) is 1. The molecule has 0 unspecified atom stereocenters. The molecule has 0 saturated heterocycles. The molecule has 3 rings (SSSR count). The lowest BCUT2D eigenvalue weighted by Gasteiger charge is -2.15. The van der Waals surface area contributed by atoms with Crippen molar-refractivity contribution in [1.82, 2.24) is 10.3 Å². The van der Waals surface area contributed by atoms with Gasteiger partial charge < -0.3 is 10.1 Å². The number of carbonyl (C=O) groups excluding carboxylic acids is 1. The van der Waals surface area contributed by atoms with E-state index in [0.717, 1.165) is 16.7 Å². The highest BCUT2D eigenvalue weighted by Gasteiger charge is 2.25. The quantitative estimate of drug-likeness (QED) is 0.881. The van der Waals surface area contributed by atoms with E-state index in [1.54, 1.807) is 7.11 Å². The monoisotopic (exact) mass is 324 g/mol. The molecule has 0 bridgehead atoms. The summed E-state index contributed by atoms with van der Waals surface area (Å²) in [5.74, 6) is 1.04. The van der Waals surface area contributed by atoms with Crippen LogP contribution >= 0.6 is 0 Å². The zero-order valence-corrected chi connectivity index (χ0v) is 14.5. The number of benzene rings is 1. The molecule has 1 heterocycles. The summed E-state index contributed by atoms with van der Waals surface area (Å²) in [7, 11) is 1.61. The number of carbonyl (C=O) groups is 1. The summed E-state index contributed by atoms with van der Waals surface area (Å²) in [6.45, 7) is 4.40. The number of methoxy groups -OCH3 is 1. The van der Waals surface area contributed by atoms with E-state index in [0.29, 0.717) is 18.3 Å². The van der Waals surface area contributed by atoms with Gasteiger partial charge in [0.2, 0.25) is 11.8 Å². The van der Waals surface area contributed by atoms with Crippen molar-refractivity contribution in [2.45, 2.75) is 45.1 Å². The van der Waals surface area contributed by atoms with Crippen molar-refractivity contribution in [1.29, 1.82) is 0 Å². The van der Waals surface area contributed by atoms with Crippen molar-refractivity contribution in [2.24, 2.45) is 0 Å². The minimum absolute atomic E-state index is 0.0134. The summed E-state index contributed by atoms with van der Waals surface area (Å²) in [4.78, 5) is 16.9. The first-order valence-electron chi connectivity index (χ1n) is 8.45. The van der Waals surface area contributed by atoms with Gasteiger partial charge in [0.15, 0.2) is 0 Å². The summed E-state index contributed by atoms with van der Waals surface area (Å²) in [6, 6.07) is 10.2. The highest BCUT2D eigenvalue weighted by Crippen LogP contribution is 2.40. The van der Waals surface area contributed by atoms with Gasteiger partial charge in [0.05, 0.1) is 13.0 Å². The van der Waals surface area contributed by atoms with E-state index < -0.39 is 0 Å². The normalized spacial score (nSPS) is 15.0. The Morgan fingerprint density at radius 3 is 2.83 bits per heavy atom. The standard InChI is InChI=1S/C20H24N2O2/c1-13-5-4-6-16(9-13)14(2)19(23)21-12-18-10-17(15-7-8-15)11-22-20(18)24-3/h4-6,9-11,14-15H,7-8,12H2,1-3H3,(H,21,23)/t14-/m0/s1. The van der Waals surface area contributed by atoms with Crippen LogP contribution in [0.2, 0.25) is 0 Å². The van der Waals surface area contributed by atoms with Crippen LogP contribution in [-0.4, -0.2) is 18.0 Å². The molecule has 2 aromatic rings. The average molecular weight is 324 g/mol. The largest absolute Gasteiger partial charge is 0.481 e. The van der Waals surface area contributed by atoms with E-state index >= 15 is 0 Å². The van der Waals surface area contributed by atoms with Crippen LogP contribution in [0, 0.1) is 6.92 Å². The molecule has 0 spiro atoms. The second kappa shape index (κ2) is 7.04. The first-order chi connectivity index (χ1) is 11.6. The number of hydrogen-bond donors (Lipinski definition) is 1. The van der Waals surface area contributed by atoms with Gasteiger partial charge in [-0.1, -0.05) is 29.8 Å². The molecule has 24 heavy (non-hydrogen) atoms. The SMILES string of the molecule is COc1ncc(C2CC2)cc1CNC(=O)[C@@H](C)c1cccc(C)c1. The zero-order valence-electron chi connectivity index (χ0n) is 14.5. The Morgan fingerprint density at radius 1 is 1.38 bits per heavy atom. The van der Waals surface area contributed by atoms with Crippen LogP contribution in [0.25, 0.3) is 0 Å². The maximum Gasteiger partial charge on any atom is 0.227 e. The van der Waals surface area contributed by atoms with Crippen LogP contribution < -0.4 is 10.1 Å². The van der Waals surface area contributed by atoms with Crippen molar-refractivity contribution >= 4 is 5.91 Å². The summed E-state index contributed by atoms with van der Waals surface area (Å²) in [6.07, 6.45) is 4.34. The molecule has 4 nitrogen and oxygen atoms in total. The minimum atomic E-state index is -0.185. The van der Waals surface area contributed by atoms with Gasteiger partial charge in [-0.05, 0) is 49.8 Å². The van der Waals surface area contributed by atoms with Crippen molar-refractivity contribution in [3.63, 3.8) is 0 Å². The Labute approximate surface area is 143 Å². The summed E-state index contributed by atoms with van der Waals surface area (Å²) >= 11 is 0. The lowest BCUT2D eigenvalue weighted by atomic mass is 9.98. The Hall–Kier alpha value is -2.36. The number of nitrogens with zero attached hydrogens (tertiary/aromatic N) is 1. The number of aromatic nitrogens is 1. The van der Waals surface area contributed by atoms with Gasteiger partial charge in [0, 0.05) is 18.3 Å². The van der Waals surface area contributed by atoms with Crippen LogP contribution in [0.1, 0.15) is 53.9 Å². The van der Waals surface area contributed by atoms with E-state index in [2.05, 4.69) is 22.4 Å². The Kier molecular flexibility index (Phi) is 4.84. The van der Waals surface area contributed by atoms with Gasteiger partial charge in [0.1, 0.15) is 0 Å². The van der Waals surface area contributed by atoms with Gasteiger partial charge in [0.25, 0.3) is 0 Å². The molecule has 1 amide bonds. The number of hydrogen-bond acceptors (Lipinski definition) is 3. The predicted octanol–water partition coefficient (Wildman–Crippen LogP) is 3.70. The van der Waals surface area contributed by atoms with Crippen LogP contribution in [0.15, 0.2) is 36.5 Å². The third-order valence-corrected chi connectivity index (χ3v) is 4.58. The number of pyridine rings is 1. The highest BCUT2D eigenvalue weighted by molar-refractivity contribution is 5.83.